The summed E-state index contributed by atoms with van der Waals surface area (Å²) in [4.78, 5) is 44.5. The number of carbonyl (C=O) groups is 2. The molecule has 4 aromatic rings. The first-order chi connectivity index (χ1) is 23.9. The van der Waals surface area contributed by atoms with Crippen molar-refractivity contribution in [3.63, 3.8) is 0 Å². The maximum atomic E-state index is 14.3. The van der Waals surface area contributed by atoms with Crippen molar-refractivity contribution in [2.75, 3.05) is 26.9 Å². The molecule has 5 rings (SSSR count). The highest BCUT2D eigenvalue weighted by atomic mass is 79.9. The molecule has 3 aromatic carbocycles. The fraction of sp³-hybridized carbons (Fsp3) is 0.257. The van der Waals surface area contributed by atoms with Crippen LogP contribution >= 0.6 is 62.1 Å². The summed E-state index contributed by atoms with van der Waals surface area (Å²) in [5, 5.41) is 1.23. The lowest BCUT2D eigenvalue weighted by Crippen LogP contribution is -2.40. The van der Waals surface area contributed by atoms with E-state index >= 15 is 0 Å². The first-order valence-electron chi connectivity index (χ1n) is 15.2. The van der Waals surface area contributed by atoms with E-state index < -0.39 is 23.5 Å². The van der Waals surface area contributed by atoms with E-state index in [1.54, 1.807) is 75.4 Å². The Hall–Kier alpha value is -3.81. The number of hydrogen-bond acceptors (Lipinski definition) is 10. The van der Waals surface area contributed by atoms with Crippen LogP contribution in [-0.4, -0.2) is 43.4 Å². The third-order valence-corrected chi connectivity index (χ3v) is 9.89. The normalized spacial score (nSPS) is 14.2. The molecule has 50 heavy (non-hydrogen) atoms. The molecule has 0 amide bonds. The van der Waals surface area contributed by atoms with Gasteiger partial charge in [-0.05, 0) is 90.3 Å². The maximum Gasteiger partial charge on any atom is 0.343 e. The Morgan fingerprint density at radius 2 is 1.76 bits per heavy atom. The van der Waals surface area contributed by atoms with Crippen molar-refractivity contribution in [3.8, 4) is 17.2 Å². The van der Waals surface area contributed by atoms with Crippen molar-refractivity contribution in [1.82, 2.24) is 4.57 Å². The van der Waals surface area contributed by atoms with Gasteiger partial charge in [-0.3, -0.25) is 9.36 Å². The van der Waals surface area contributed by atoms with E-state index in [0.29, 0.717) is 57.2 Å². The zero-order valence-electron chi connectivity index (χ0n) is 27.2. The minimum Gasteiger partial charge on any atom is -0.490 e. The van der Waals surface area contributed by atoms with E-state index in [-0.39, 0.29) is 37.8 Å². The summed E-state index contributed by atoms with van der Waals surface area (Å²) >= 11 is 23.4. The average molecular weight is 825 g/mol. The molecule has 10 nitrogen and oxygen atoms in total. The SMILES string of the molecule is CCOC(=O)C1=C(C)N=c2s/c(=C/c3cc(Cl)cc(Br)c3OCc3ccc(Cl)c(Cl)c3)c(=O)n2[C@H]1c1ccc(OCC(=O)OC)c(OCC)c1. The highest BCUT2D eigenvalue weighted by molar-refractivity contribution is 9.10. The Labute approximate surface area is 314 Å². The van der Waals surface area contributed by atoms with Gasteiger partial charge in [0.2, 0.25) is 0 Å². The molecule has 0 bridgehead atoms. The van der Waals surface area contributed by atoms with Crippen LogP contribution in [0.3, 0.4) is 0 Å². The van der Waals surface area contributed by atoms with Crippen molar-refractivity contribution in [1.29, 1.82) is 0 Å². The number of allylic oxidation sites excluding steroid dienone is 1. The molecule has 0 saturated heterocycles. The van der Waals surface area contributed by atoms with Crippen LogP contribution in [0.25, 0.3) is 6.08 Å². The van der Waals surface area contributed by atoms with Crippen LogP contribution < -0.4 is 29.1 Å². The quantitative estimate of drug-likeness (QED) is 0.140. The van der Waals surface area contributed by atoms with Crippen molar-refractivity contribution in [2.24, 2.45) is 4.99 Å². The standard InChI is InChI=1S/C35H30BrCl3N2O8S/c1-5-46-27-13-20(8-10-26(27)48-17-29(42)45-4)31-30(34(44)47-6-2)18(3)40-35-41(31)33(43)28(50-35)14-21-12-22(37)15-23(36)32(21)49-16-19-7-9-24(38)25(39)11-19/h7-15,31H,5-6,16-17H2,1-4H3/b28-14+/t31-/m0/s1. The van der Waals surface area contributed by atoms with Gasteiger partial charge in [0.05, 0.1) is 56.7 Å². The first-order valence-corrected chi connectivity index (χ1v) is 17.9. The molecular formula is C35H30BrCl3N2O8S. The van der Waals surface area contributed by atoms with Gasteiger partial charge in [0.25, 0.3) is 5.56 Å². The molecule has 262 valence electrons. The fourth-order valence-corrected chi connectivity index (χ4v) is 7.46. The fourth-order valence-electron chi connectivity index (χ4n) is 5.15. The average Bonchev–Trinajstić information content (AvgIpc) is 3.38. The van der Waals surface area contributed by atoms with Gasteiger partial charge in [0.1, 0.15) is 12.4 Å². The second-order valence-electron chi connectivity index (χ2n) is 10.6. The maximum absolute atomic E-state index is 14.3. The van der Waals surface area contributed by atoms with E-state index in [4.69, 9.17) is 53.8 Å². The van der Waals surface area contributed by atoms with Crippen LogP contribution in [0.2, 0.25) is 15.1 Å². The number of ether oxygens (including phenoxy) is 5. The number of fused-ring (bicyclic) bond motifs is 1. The van der Waals surface area contributed by atoms with Crippen molar-refractivity contribution >= 4 is 80.1 Å². The highest BCUT2D eigenvalue weighted by Gasteiger charge is 2.34. The van der Waals surface area contributed by atoms with E-state index in [1.165, 1.54) is 11.7 Å². The lowest BCUT2D eigenvalue weighted by Gasteiger charge is -2.25. The van der Waals surface area contributed by atoms with Crippen LogP contribution in [0.4, 0.5) is 0 Å². The van der Waals surface area contributed by atoms with Gasteiger partial charge in [0.15, 0.2) is 22.9 Å². The monoisotopic (exact) mass is 822 g/mol. The molecule has 0 fully saturated rings. The number of esters is 2. The molecule has 0 N–H and O–H groups in total. The van der Waals surface area contributed by atoms with Gasteiger partial charge in [-0.1, -0.05) is 58.3 Å². The molecule has 0 spiro atoms. The van der Waals surface area contributed by atoms with Crippen LogP contribution in [-0.2, 0) is 25.7 Å². The lowest BCUT2D eigenvalue weighted by atomic mass is 9.95. The number of halogens is 4. The summed E-state index contributed by atoms with van der Waals surface area (Å²) in [5.74, 6) is -0.154. The number of thiazole rings is 1. The minimum absolute atomic E-state index is 0.117. The van der Waals surface area contributed by atoms with Gasteiger partial charge >= 0.3 is 11.9 Å². The van der Waals surface area contributed by atoms with Crippen molar-refractivity contribution in [2.45, 2.75) is 33.4 Å². The van der Waals surface area contributed by atoms with E-state index in [0.717, 1.165) is 16.9 Å². The molecule has 0 aliphatic carbocycles. The summed E-state index contributed by atoms with van der Waals surface area (Å²) in [7, 11) is 1.26. The van der Waals surface area contributed by atoms with Crippen LogP contribution in [0.5, 0.6) is 17.2 Å². The summed E-state index contributed by atoms with van der Waals surface area (Å²) in [6.07, 6.45) is 1.67. The second kappa shape index (κ2) is 16.5. The summed E-state index contributed by atoms with van der Waals surface area (Å²) in [6, 6.07) is 12.6. The Bertz CT molecular complexity index is 2180. The third kappa shape index (κ3) is 8.21. The van der Waals surface area contributed by atoms with Crippen LogP contribution in [0.1, 0.15) is 43.5 Å². The molecular weight excluding hydrogens is 795 g/mol. The number of methoxy groups -OCH3 is 1. The van der Waals surface area contributed by atoms with E-state index in [9.17, 15) is 14.4 Å². The number of rotatable bonds is 12. The zero-order valence-corrected chi connectivity index (χ0v) is 31.9. The molecule has 1 atom stereocenters. The van der Waals surface area contributed by atoms with E-state index in [2.05, 4.69) is 25.7 Å². The summed E-state index contributed by atoms with van der Waals surface area (Å²) in [6.45, 7) is 5.40. The van der Waals surface area contributed by atoms with Gasteiger partial charge in [0, 0.05) is 10.6 Å². The van der Waals surface area contributed by atoms with E-state index in [1.807, 2.05) is 0 Å². The molecule has 1 aliphatic rings. The van der Waals surface area contributed by atoms with Gasteiger partial charge in [-0.25, -0.2) is 14.6 Å². The summed E-state index contributed by atoms with van der Waals surface area (Å²) < 4.78 is 30.1. The minimum atomic E-state index is -0.933. The predicted molar refractivity (Wildman–Crippen MR) is 195 cm³/mol. The number of hydrogen-bond donors (Lipinski definition) is 0. The molecule has 0 saturated carbocycles. The summed E-state index contributed by atoms with van der Waals surface area (Å²) in [5.41, 5.74) is 2.00. The third-order valence-electron chi connectivity index (χ3n) is 7.36. The van der Waals surface area contributed by atoms with Gasteiger partial charge in [-0.15, -0.1) is 0 Å². The first kappa shape index (κ1) is 37.4. The predicted octanol–water partition coefficient (Wildman–Crippen LogP) is 7.05. The highest BCUT2D eigenvalue weighted by Crippen LogP contribution is 2.37. The topological polar surface area (TPSA) is 115 Å². The molecule has 0 unspecified atom stereocenters. The molecule has 1 aromatic heterocycles. The molecule has 0 radical (unpaired) electrons. The zero-order chi connectivity index (χ0) is 36.1. The second-order valence-corrected chi connectivity index (χ2v) is 13.8. The molecule has 2 heterocycles. The lowest BCUT2D eigenvalue weighted by molar-refractivity contribution is -0.143. The van der Waals surface area contributed by atoms with Crippen molar-refractivity contribution in [3.05, 3.63) is 116 Å². The van der Waals surface area contributed by atoms with Crippen molar-refractivity contribution < 1.29 is 33.3 Å². The Morgan fingerprint density at radius 1 is 0.980 bits per heavy atom. The number of benzene rings is 3. The molecule has 1 aliphatic heterocycles. The Balaban J connectivity index is 1.64. The number of carbonyl (C=O) groups excluding carboxylic acids is 2. The largest absolute Gasteiger partial charge is 0.490 e. The Kier molecular flexibility index (Phi) is 12.3. The van der Waals surface area contributed by atoms with Gasteiger partial charge < -0.3 is 23.7 Å². The van der Waals surface area contributed by atoms with Crippen LogP contribution in [0.15, 0.2) is 74.1 Å². The number of aromatic nitrogens is 1. The molecule has 15 heteroatoms. The smallest absolute Gasteiger partial charge is 0.343 e. The van der Waals surface area contributed by atoms with Gasteiger partial charge in [-0.2, -0.15) is 0 Å². The number of nitrogens with zero attached hydrogens (tertiary/aromatic N) is 2. The Morgan fingerprint density at radius 3 is 2.46 bits per heavy atom. The van der Waals surface area contributed by atoms with Crippen LogP contribution in [0, 0.1) is 0 Å².